The molecule has 16 heteroatoms. The molecule has 66 heavy (non-hydrogen) atoms. The topological polar surface area (TPSA) is 222 Å². The van der Waals surface area contributed by atoms with E-state index < -0.39 is 52.2 Å². The highest BCUT2D eigenvalue weighted by Crippen LogP contribution is 2.55. The molecule has 1 unspecified atom stereocenters. The lowest BCUT2D eigenvalue weighted by Gasteiger charge is -2.63. The first-order valence-corrected chi connectivity index (χ1v) is 22.3. The number of likely N-dealkylation sites (tertiary alicyclic amines) is 1. The minimum absolute atomic E-state index is 0.0304. The minimum atomic E-state index is -0.954. The number of aromatic nitrogens is 1. The molecule has 4 amide bonds. The number of carbonyl (C=O) groups excluding carboxylic acids is 4. The SMILES string of the molecule is CC(C)(C)C(NC(=O)CNCCNc1ccc(-c2ccc(C(=O)NC3C(C)(C)C(Oc4ccc(C#N)c(Cl)c4)C3(C)C)cc2)cn1)C(=O)N1C[C@H](O)C[C@H]1C(=O)NCc1ccc(C#N)cc1. The molecule has 3 atom stereocenters. The molecule has 2 fully saturated rings. The number of aliphatic hydroxyl groups is 1. The zero-order chi connectivity index (χ0) is 48.0. The van der Waals surface area contributed by atoms with Gasteiger partial charge in [0.05, 0.1) is 34.9 Å². The zero-order valence-corrected chi connectivity index (χ0v) is 39.1. The number of rotatable bonds is 16. The number of pyridine rings is 1. The lowest BCUT2D eigenvalue weighted by molar-refractivity contribution is -0.164. The summed E-state index contributed by atoms with van der Waals surface area (Å²) in [6.45, 7) is 14.7. The molecule has 4 aromatic rings. The van der Waals surface area contributed by atoms with Crippen molar-refractivity contribution in [1.82, 2.24) is 31.2 Å². The van der Waals surface area contributed by atoms with Gasteiger partial charge in [-0.05, 0) is 65.1 Å². The number of β-amino-alcohol motifs (C(OH)–C–C–N with tert-alkyl or cyclic N) is 1. The number of anilines is 1. The van der Waals surface area contributed by atoms with E-state index in [-0.39, 0.29) is 44.1 Å². The maximum Gasteiger partial charge on any atom is 0.251 e. The number of carbonyl (C=O) groups is 4. The van der Waals surface area contributed by atoms with Crippen molar-refractivity contribution < 1.29 is 29.0 Å². The van der Waals surface area contributed by atoms with Gasteiger partial charge in [0.25, 0.3) is 5.91 Å². The molecule has 0 spiro atoms. The lowest BCUT2D eigenvalue weighted by Crippen LogP contribution is -2.74. The standard InChI is InChI=1S/C50H58ClN9O6/c1-48(2,3)42(45(65)60-29-36(61)22-39(60)44(64)57-26-31-10-8-30(24-52)9-11-31)58-41(62)28-54-20-21-55-40-19-17-35(27-56-40)32-12-14-33(15-13-32)43(63)59-46-49(4,5)47(50(46,6)7)66-37-18-16-34(25-53)38(51)23-37/h8-19,23,27,36,39,42,46-47,54,61H,20-22,26,28-29H2,1-7H3,(H,55,56)(H,57,64)(H,58,62)(H,59,63)/t36-,39+,42?,46?,47?/m1/s1. The normalized spacial score (nSPS) is 19.8. The van der Waals surface area contributed by atoms with E-state index in [4.69, 9.17) is 21.6 Å². The van der Waals surface area contributed by atoms with Crippen molar-refractivity contribution in [3.63, 3.8) is 0 Å². The molecular formula is C50H58ClN9O6. The summed E-state index contributed by atoms with van der Waals surface area (Å²) in [5.74, 6) is -0.229. The number of halogens is 1. The Kier molecular flexibility index (Phi) is 15.1. The van der Waals surface area contributed by atoms with Crippen LogP contribution in [0.25, 0.3) is 11.1 Å². The van der Waals surface area contributed by atoms with E-state index in [1.165, 1.54) is 4.90 Å². The zero-order valence-electron chi connectivity index (χ0n) is 38.4. The highest BCUT2D eigenvalue weighted by atomic mass is 35.5. The number of nitrogens with zero attached hydrogens (tertiary/aromatic N) is 4. The predicted octanol–water partition coefficient (Wildman–Crippen LogP) is 5.57. The third kappa shape index (κ3) is 11.3. The molecule has 1 aromatic heterocycles. The second-order valence-electron chi connectivity index (χ2n) is 19.2. The number of nitrogens with one attached hydrogen (secondary N) is 5. The van der Waals surface area contributed by atoms with Gasteiger partial charge in [0.15, 0.2) is 0 Å². The Morgan fingerprint density at radius 1 is 0.924 bits per heavy atom. The third-order valence-corrected chi connectivity index (χ3v) is 12.7. The average molecular weight is 917 g/mol. The molecule has 1 aliphatic carbocycles. The number of aliphatic hydroxyl groups excluding tert-OH is 1. The average Bonchev–Trinajstić information content (AvgIpc) is 3.69. The van der Waals surface area contributed by atoms with Crippen LogP contribution in [0.4, 0.5) is 5.82 Å². The first-order valence-electron chi connectivity index (χ1n) is 22.0. The predicted molar refractivity (Wildman–Crippen MR) is 251 cm³/mol. The number of nitriles is 2. The minimum Gasteiger partial charge on any atom is -0.489 e. The third-order valence-electron chi connectivity index (χ3n) is 12.4. The van der Waals surface area contributed by atoms with E-state index in [1.807, 2.05) is 45.0 Å². The van der Waals surface area contributed by atoms with Crippen LogP contribution in [0, 0.1) is 38.9 Å². The van der Waals surface area contributed by atoms with Gasteiger partial charge < -0.3 is 41.3 Å². The Morgan fingerprint density at radius 3 is 2.21 bits per heavy atom. The summed E-state index contributed by atoms with van der Waals surface area (Å²) in [5, 5.41) is 44.3. The Balaban J connectivity index is 0.936. The summed E-state index contributed by atoms with van der Waals surface area (Å²) in [4.78, 5) is 59.6. The van der Waals surface area contributed by atoms with E-state index in [0.29, 0.717) is 46.4 Å². The van der Waals surface area contributed by atoms with Crippen molar-refractivity contribution >= 4 is 41.0 Å². The van der Waals surface area contributed by atoms with Crippen molar-refractivity contribution in [3.8, 4) is 29.0 Å². The molecule has 2 heterocycles. The molecule has 6 N–H and O–H groups in total. The summed E-state index contributed by atoms with van der Waals surface area (Å²) < 4.78 is 6.36. The first kappa shape index (κ1) is 48.9. The van der Waals surface area contributed by atoms with E-state index in [1.54, 1.807) is 60.8 Å². The molecule has 1 aliphatic heterocycles. The first-order chi connectivity index (χ1) is 31.2. The maximum atomic E-state index is 13.9. The molecule has 3 aromatic carbocycles. The number of hydrogen-bond donors (Lipinski definition) is 6. The summed E-state index contributed by atoms with van der Waals surface area (Å²) in [5.41, 5.74) is 2.47. The van der Waals surface area contributed by atoms with Crippen LogP contribution in [0.1, 0.15) is 81.9 Å². The lowest BCUT2D eigenvalue weighted by atomic mass is 9.49. The van der Waals surface area contributed by atoms with E-state index in [9.17, 15) is 29.5 Å². The molecule has 0 radical (unpaired) electrons. The number of ether oxygens (including phenoxy) is 1. The Bertz CT molecular complexity index is 2480. The second-order valence-corrected chi connectivity index (χ2v) is 19.6. The van der Waals surface area contributed by atoms with Gasteiger partial charge in [0, 0.05) is 72.9 Å². The molecular weight excluding hydrogens is 858 g/mol. The Hall–Kier alpha value is -6.52. The van der Waals surface area contributed by atoms with Crippen molar-refractivity contribution in [2.24, 2.45) is 16.2 Å². The quantitative estimate of drug-likeness (QED) is 0.0764. The fourth-order valence-electron chi connectivity index (χ4n) is 9.11. The summed E-state index contributed by atoms with van der Waals surface area (Å²) >= 11 is 6.24. The molecule has 15 nitrogen and oxygen atoms in total. The van der Waals surface area contributed by atoms with E-state index in [2.05, 4.69) is 71.4 Å². The van der Waals surface area contributed by atoms with E-state index in [0.717, 1.165) is 16.7 Å². The van der Waals surface area contributed by atoms with Crippen LogP contribution >= 0.6 is 11.6 Å². The molecule has 346 valence electrons. The van der Waals surface area contributed by atoms with Gasteiger partial charge in [-0.15, -0.1) is 0 Å². The second kappa shape index (κ2) is 20.3. The van der Waals surface area contributed by atoms with Crippen molar-refractivity contribution in [2.45, 2.75) is 91.8 Å². The fourth-order valence-corrected chi connectivity index (χ4v) is 9.32. The van der Waals surface area contributed by atoms with Gasteiger partial charge in [0.1, 0.15) is 35.8 Å². The van der Waals surface area contributed by atoms with Crippen molar-refractivity contribution in [1.29, 1.82) is 10.5 Å². The van der Waals surface area contributed by atoms with Crippen LogP contribution in [0.5, 0.6) is 5.75 Å². The largest absolute Gasteiger partial charge is 0.489 e. The number of hydrogen-bond acceptors (Lipinski definition) is 11. The van der Waals surface area contributed by atoms with E-state index >= 15 is 0 Å². The molecule has 0 bridgehead atoms. The van der Waals surface area contributed by atoms with Gasteiger partial charge in [0.2, 0.25) is 17.7 Å². The smallest absolute Gasteiger partial charge is 0.251 e. The maximum absolute atomic E-state index is 13.9. The van der Waals surface area contributed by atoms with Crippen LogP contribution in [-0.2, 0) is 20.9 Å². The number of benzene rings is 3. The molecule has 6 rings (SSSR count). The summed E-state index contributed by atoms with van der Waals surface area (Å²) in [6.07, 6.45) is 0.714. The highest BCUT2D eigenvalue weighted by Gasteiger charge is 2.64. The van der Waals surface area contributed by atoms with Crippen LogP contribution in [0.2, 0.25) is 5.02 Å². The van der Waals surface area contributed by atoms with Crippen molar-refractivity contribution in [2.75, 3.05) is 31.5 Å². The highest BCUT2D eigenvalue weighted by molar-refractivity contribution is 6.31. The van der Waals surface area contributed by atoms with Crippen molar-refractivity contribution in [3.05, 3.63) is 112 Å². The van der Waals surface area contributed by atoms with Crippen LogP contribution < -0.4 is 31.3 Å². The summed E-state index contributed by atoms with van der Waals surface area (Å²) in [7, 11) is 0. The Labute approximate surface area is 391 Å². The van der Waals surface area contributed by atoms with Gasteiger partial charge in [-0.3, -0.25) is 19.2 Å². The molecule has 1 saturated carbocycles. The van der Waals surface area contributed by atoms with Crippen LogP contribution in [-0.4, -0.2) is 95.1 Å². The Morgan fingerprint density at radius 2 is 1.61 bits per heavy atom. The number of amides is 4. The monoisotopic (exact) mass is 915 g/mol. The van der Waals surface area contributed by atoms with Crippen LogP contribution in [0.15, 0.2) is 85.1 Å². The van der Waals surface area contributed by atoms with Gasteiger partial charge >= 0.3 is 0 Å². The molecule has 1 saturated heterocycles. The molecule has 2 aliphatic rings. The van der Waals surface area contributed by atoms with Gasteiger partial charge in [-0.25, -0.2) is 4.98 Å². The van der Waals surface area contributed by atoms with Gasteiger partial charge in [-0.1, -0.05) is 84.3 Å². The van der Waals surface area contributed by atoms with Crippen LogP contribution in [0.3, 0.4) is 0 Å². The summed E-state index contributed by atoms with van der Waals surface area (Å²) in [6, 6.07) is 25.0. The van der Waals surface area contributed by atoms with Gasteiger partial charge in [-0.2, -0.15) is 10.5 Å². The fraction of sp³-hybridized carbons (Fsp3) is 0.420.